The second kappa shape index (κ2) is 7.46. The Hall–Kier alpha value is -1.55. The topological polar surface area (TPSA) is 55.6 Å². The minimum atomic E-state index is 0.162. The number of rotatable bonds is 5. The molecule has 4 nitrogen and oxygen atoms in total. The van der Waals surface area contributed by atoms with E-state index < -0.39 is 0 Å². The van der Waals surface area contributed by atoms with Crippen molar-refractivity contribution >= 4 is 5.91 Å². The maximum absolute atomic E-state index is 12.3. The van der Waals surface area contributed by atoms with Crippen LogP contribution in [0.4, 0.5) is 0 Å². The van der Waals surface area contributed by atoms with Gasteiger partial charge in [0, 0.05) is 19.1 Å². The lowest BCUT2D eigenvalue weighted by atomic mass is 10.0. The first-order valence-corrected chi connectivity index (χ1v) is 7.81. The summed E-state index contributed by atoms with van der Waals surface area (Å²) in [7, 11) is 0. The van der Waals surface area contributed by atoms with Gasteiger partial charge in [-0.1, -0.05) is 17.7 Å². The van der Waals surface area contributed by atoms with E-state index in [1.807, 2.05) is 24.0 Å². The first-order valence-electron chi connectivity index (χ1n) is 7.81. The van der Waals surface area contributed by atoms with Crippen LogP contribution in [0.15, 0.2) is 18.2 Å². The first kappa shape index (κ1) is 15.8. The number of aryl methyl sites for hydroxylation is 2. The lowest BCUT2D eigenvalue weighted by molar-refractivity contribution is -0.135. The molecule has 0 bridgehead atoms. The lowest BCUT2D eigenvalue weighted by Crippen LogP contribution is -2.47. The fourth-order valence-electron chi connectivity index (χ4n) is 2.93. The molecule has 2 N–H and O–H groups in total. The zero-order chi connectivity index (χ0) is 15.2. The van der Waals surface area contributed by atoms with E-state index in [1.54, 1.807) is 0 Å². The largest absolute Gasteiger partial charge is 0.493 e. The van der Waals surface area contributed by atoms with Crippen molar-refractivity contribution in [3.63, 3.8) is 0 Å². The Bertz CT molecular complexity index is 488. The summed E-state index contributed by atoms with van der Waals surface area (Å²) in [6, 6.07) is 6.30. The van der Waals surface area contributed by atoms with Gasteiger partial charge in [0.1, 0.15) is 5.75 Å². The number of carbonyl (C=O) groups excluding carboxylic acids is 1. The van der Waals surface area contributed by atoms with Crippen molar-refractivity contribution in [1.82, 2.24) is 4.90 Å². The Morgan fingerprint density at radius 1 is 1.38 bits per heavy atom. The molecule has 1 aliphatic rings. The van der Waals surface area contributed by atoms with Crippen LogP contribution in [0.25, 0.3) is 0 Å². The molecule has 2 rings (SSSR count). The van der Waals surface area contributed by atoms with Crippen molar-refractivity contribution < 1.29 is 9.53 Å². The molecule has 0 aromatic heterocycles. The predicted molar refractivity (Wildman–Crippen MR) is 84.4 cm³/mol. The van der Waals surface area contributed by atoms with Gasteiger partial charge in [-0.15, -0.1) is 0 Å². The smallest absolute Gasteiger partial charge is 0.226 e. The van der Waals surface area contributed by atoms with Crippen molar-refractivity contribution in [3.8, 4) is 5.75 Å². The van der Waals surface area contributed by atoms with E-state index in [2.05, 4.69) is 13.0 Å². The summed E-state index contributed by atoms with van der Waals surface area (Å²) in [6.07, 6.45) is 3.70. The van der Waals surface area contributed by atoms with Crippen molar-refractivity contribution in [2.24, 2.45) is 5.73 Å². The first-order chi connectivity index (χ1) is 10.1. The highest BCUT2D eigenvalue weighted by Gasteiger charge is 2.25. The van der Waals surface area contributed by atoms with Crippen molar-refractivity contribution in [3.05, 3.63) is 29.3 Å². The van der Waals surface area contributed by atoms with Gasteiger partial charge in [-0.2, -0.15) is 0 Å². The van der Waals surface area contributed by atoms with Gasteiger partial charge in [0.05, 0.1) is 13.0 Å². The summed E-state index contributed by atoms with van der Waals surface area (Å²) in [5.74, 6) is 1.03. The lowest BCUT2D eigenvalue weighted by Gasteiger charge is -2.35. The minimum absolute atomic E-state index is 0.162. The minimum Gasteiger partial charge on any atom is -0.493 e. The third-order valence-corrected chi connectivity index (χ3v) is 4.12. The van der Waals surface area contributed by atoms with Crippen LogP contribution in [0.2, 0.25) is 0 Å². The molecule has 1 aromatic carbocycles. The monoisotopic (exact) mass is 290 g/mol. The number of benzene rings is 1. The van der Waals surface area contributed by atoms with E-state index in [0.717, 1.165) is 30.7 Å². The van der Waals surface area contributed by atoms with E-state index in [0.29, 0.717) is 19.6 Å². The summed E-state index contributed by atoms with van der Waals surface area (Å²) in [4.78, 5) is 14.2. The molecule has 21 heavy (non-hydrogen) atoms. The third-order valence-electron chi connectivity index (χ3n) is 4.12. The highest BCUT2D eigenvalue weighted by molar-refractivity contribution is 5.76. The molecule has 1 saturated heterocycles. The number of nitrogens with zero attached hydrogens (tertiary/aromatic N) is 1. The standard InChI is InChI=1S/C17H26N2O2/c1-13-6-7-16(14(2)11-13)21-10-8-17(20)19-9-4-3-5-15(19)12-18/h6-7,11,15H,3-5,8-10,12,18H2,1-2H3. The van der Waals surface area contributed by atoms with E-state index in [1.165, 1.54) is 12.0 Å². The molecule has 0 radical (unpaired) electrons. The van der Waals surface area contributed by atoms with Crippen LogP contribution < -0.4 is 10.5 Å². The summed E-state index contributed by atoms with van der Waals surface area (Å²) in [6.45, 7) is 5.91. The van der Waals surface area contributed by atoms with E-state index >= 15 is 0 Å². The zero-order valence-corrected chi connectivity index (χ0v) is 13.1. The molecule has 0 aliphatic carbocycles. The highest BCUT2D eigenvalue weighted by Crippen LogP contribution is 2.20. The van der Waals surface area contributed by atoms with Gasteiger partial charge < -0.3 is 15.4 Å². The average Bonchev–Trinajstić information content (AvgIpc) is 2.49. The van der Waals surface area contributed by atoms with Crippen LogP contribution in [0.1, 0.15) is 36.8 Å². The number of nitrogens with two attached hydrogens (primary N) is 1. The van der Waals surface area contributed by atoms with Crippen molar-refractivity contribution in [2.75, 3.05) is 19.7 Å². The molecule has 116 valence electrons. The van der Waals surface area contributed by atoms with Crippen LogP contribution in [0.3, 0.4) is 0 Å². The van der Waals surface area contributed by atoms with E-state index in [-0.39, 0.29) is 11.9 Å². The zero-order valence-electron chi connectivity index (χ0n) is 13.1. The maximum atomic E-state index is 12.3. The molecule has 1 unspecified atom stereocenters. The molecule has 0 saturated carbocycles. The number of ether oxygens (including phenoxy) is 1. The van der Waals surface area contributed by atoms with E-state index in [9.17, 15) is 4.79 Å². The average molecular weight is 290 g/mol. The summed E-state index contributed by atoms with van der Waals surface area (Å²) >= 11 is 0. The quantitative estimate of drug-likeness (QED) is 0.906. The molecular weight excluding hydrogens is 264 g/mol. The molecule has 1 fully saturated rings. The maximum Gasteiger partial charge on any atom is 0.226 e. The Balaban J connectivity index is 1.83. The van der Waals surface area contributed by atoms with Gasteiger partial charge in [-0.3, -0.25) is 4.79 Å². The molecule has 1 aliphatic heterocycles. The molecule has 1 amide bonds. The van der Waals surface area contributed by atoms with Gasteiger partial charge in [-0.25, -0.2) is 0 Å². The third kappa shape index (κ3) is 4.21. The SMILES string of the molecule is Cc1ccc(OCCC(=O)N2CCCCC2CN)c(C)c1. The number of likely N-dealkylation sites (tertiary alicyclic amines) is 1. The predicted octanol–water partition coefficient (Wildman–Crippen LogP) is 2.41. The number of carbonyl (C=O) groups is 1. The Morgan fingerprint density at radius 3 is 2.90 bits per heavy atom. The van der Waals surface area contributed by atoms with Gasteiger partial charge >= 0.3 is 0 Å². The number of amides is 1. The fraction of sp³-hybridized carbons (Fsp3) is 0.588. The highest BCUT2D eigenvalue weighted by atomic mass is 16.5. The molecular formula is C17H26N2O2. The van der Waals surface area contributed by atoms with Gasteiger partial charge in [-0.05, 0) is 44.7 Å². The Morgan fingerprint density at radius 2 is 2.19 bits per heavy atom. The van der Waals surface area contributed by atoms with Crippen molar-refractivity contribution in [1.29, 1.82) is 0 Å². The van der Waals surface area contributed by atoms with Crippen LogP contribution in [0.5, 0.6) is 5.75 Å². The van der Waals surface area contributed by atoms with Gasteiger partial charge in [0.25, 0.3) is 0 Å². The molecule has 0 spiro atoms. The van der Waals surface area contributed by atoms with Crippen molar-refractivity contribution in [2.45, 2.75) is 45.6 Å². The molecule has 1 aromatic rings. The summed E-state index contributed by atoms with van der Waals surface area (Å²) in [5, 5.41) is 0. The molecule has 1 heterocycles. The second-order valence-corrected chi connectivity index (χ2v) is 5.84. The second-order valence-electron chi connectivity index (χ2n) is 5.84. The Kier molecular flexibility index (Phi) is 5.62. The Labute approximate surface area is 127 Å². The number of piperidine rings is 1. The summed E-state index contributed by atoms with van der Waals surface area (Å²) in [5.41, 5.74) is 8.09. The number of hydrogen-bond acceptors (Lipinski definition) is 3. The molecule has 1 atom stereocenters. The van der Waals surface area contributed by atoms with Crippen LogP contribution in [-0.2, 0) is 4.79 Å². The summed E-state index contributed by atoms with van der Waals surface area (Å²) < 4.78 is 5.74. The van der Waals surface area contributed by atoms with Crippen LogP contribution >= 0.6 is 0 Å². The van der Waals surface area contributed by atoms with Crippen LogP contribution in [-0.4, -0.2) is 36.5 Å². The van der Waals surface area contributed by atoms with Crippen LogP contribution in [0, 0.1) is 13.8 Å². The van der Waals surface area contributed by atoms with Gasteiger partial charge in [0.15, 0.2) is 0 Å². The number of hydrogen-bond donors (Lipinski definition) is 1. The van der Waals surface area contributed by atoms with E-state index in [4.69, 9.17) is 10.5 Å². The van der Waals surface area contributed by atoms with Gasteiger partial charge in [0.2, 0.25) is 5.91 Å². The molecule has 4 heteroatoms. The normalized spacial score (nSPS) is 18.6. The fourth-order valence-corrected chi connectivity index (χ4v) is 2.93.